The Bertz CT molecular complexity index is 897. The molecule has 0 saturated heterocycles. The highest BCUT2D eigenvalue weighted by Crippen LogP contribution is 2.39. The fraction of sp³-hybridized carbons (Fsp3) is 0.235. The molecule has 25 heavy (non-hydrogen) atoms. The van der Waals surface area contributed by atoms with Gasteiger partial charge < -0.3 is 9.47 Å². The van der Waals surface area contributed by atoms with Crippen molar-refractivity contribution in [2.75, 3.05) is 23.8 Å². The van der Waals surface area contributed by atoms with E-state index in [2.05, 4.69) is 4.72 Å². The highest BCUT2D eigenvalue weighted by Gasteiger charge is 2.30. The lowest BCUT2D eigenvalue weighted by Crippen LogP contribution is -2.30. The van der Waals surface area contributed by atoms with Crippen LogP contribution in [0.1, 0.15) is 10.4 Å². The number of para-hydroxylation sites is 1. The van der Waals surface area contributed by atoms with Crippen LogP contribution in [0.4, 0.5) is 5.69 Å². The molecule has 0 saturated carbocycles. The summed E-state index contributed by atoms with van der Waals surface area (Å²) in [7, 11) is -3.52. The summed E-state index contributed by atoms with van der Waals surface area (Å²) in [5.41, 5.74) is 0.607. The van der Waals surface area contributed by atoms with Crippen molar-refractivity contribution in [3.05, 3.63) is 48.0 Å². The molecule has 0 aromatic heterocycles. The van der Waals surface area contributed by atoms with E-state index in [1.165, 1.54) is 23.9 Å². The van der Waals surface area contributed by atoms with Gasteiger partial charge in [-0.1, -0.05) is 18.2 Å². The molecule has 1 aliphatic heterocycles. The van der Waals surface area contributed by atoms with E-state index < -0.39 is 10.0 Å². The van der Waals surface area contributed by atoms with Gasteiger partial charge >= 0.3 is 0 Å². The minimum absolute atomic E-state index is 0.0578. The second kappa shape index (κ2) is 6.97. The van der Waals surface area contributed by atoms with Gasteiger partial charge in [-0.05, 0) is 24.5 Å². The minimum Gasteiger partial charge on any atom is -0.491 e. The first-order chi connectivity index (χ1) is 11.9. The number of thioether (sulfide) groups is 1. The average molecular weight is 379 g/mol. The lowest BCUT2D eigenvalue weighted by atomic mass is 10.0. The highest BCUT2D eigenvalue weighted by molar-refractivity contribution is 8.00. The number of ether oxygens (including phenoxy) is 2. The van der Waals surface area contributed by atoms with Crippen molar-refractivity contribution in [2.24, 2.45) is 0 Å². The van der Waals surface area contributed by atoms with Crippen molar-refractivity contribution in [3.63, 3.8) is 0 Å². The maximum atomic E-state index is 12.6. The highest BCUT2D eigenvalue weighted by atomic mass is 32.2. The molecule has 1 aliphatic rings. The molecule has 2 aromatic rings. The largest absolute Gasteiger partial charge is 0.491 e. The molecule has 132 valence electrons. The maximum absolute atomic E-state index is 12.6. The number of benzene rings is 2. The molecule has 6 nitrogen and oxygen atoms in total. The molecular formula is C17H17NO5S2. The third-order valence-electron chi connectivity index (χ3n) is 3.58. The van der Waals surface area contributed by atoms with Gasteiger partial charge in [0.15, 0.2) is 11.5 Å². The van der Waals surface area contributed by atoms with Crippen molar-refractivity contribution in [1.82, 2.24) is 0 Å². The predicted molar refractivity (Wildman–Crippen MR) is 98.6 cm³/mol. The minimum atomic E-state index is -3.52. The Morgan fingerprint density at radius 3 is 2.60 bits per heavy atom. The van der Waals surface area contributed by atoms with Crippen molar-refractivity contribution in [1.29, 1.82) is 0 Å². The van der Waals surface area contributed by atoms with Gasteiger partial charge in [-0.25, -0.2) is 8.42 Å². The van der Waals surface area contributed by atoms with E-state index in [9.17, 15) is 13.2 Å². The Hall–Kier alpha value is -2.19. The average Bonchev–Trinajstić information content (AvgIpc) is 2.56. The monoisotopic (exact) mass is 379 g/mol. The van der Waals surface area contributed by atoms with Gasteiger partial charge in [-0.15, -0.1) is 0 Å². The lowest BCUT2D eigenvalue weighted by Gasteiger charge is -2.24. The quantitative estimate of drug-likeness (QED) is 0.859. The van der Waals surface area contributed by atoms with Crippen LogP contribution in [0, 0.1) is 0 Å². The Morgan fingerprint density at radius 1 is 1.24 bits per heavy atom. The number of hydrogen-bond acceptors (Lipinski definition) is 6. The van der Waals surface area contributed by atoms with Gasteiger partial charge in [0.1, 0.15) is 23.4 Å². The first-order valence-corrected chi connectivity index (χ1v) is 10.6. The molecule has 1 N–H and O–H groups in total. The molecule has 3 rings (SSSR count). The van der Waals surface area contributed by atoms with Crippen LogP contribution in [0.5, 0.6) is 17.2 Å². The molecule has 2 aromatic carbocycles. The zero-order chi connectivity index (χ0) is 18.0. The summed E-state index contributed by atoms with van der Waals surface area (Å²) in [6, 6.07) is 11.9. The number of nitrogens with one attached hydrogen (secondary N) is 1. The first-order valence-electron chi connectivity index (χ1n) is 7.46. The summed E-state index contributed by atoms with van der Waals surface area (Å²) in [5, 5.41) is -0.286. The number of sulfonamides is 1. The second-order valence-electron chi connectivity index (χ2n) is 5.53. The molecule has 0 aliphatic carbocycles. The topological polar surface area (TPSA) is 81.7 Å². The van der Waals surface area contributed by atoms with E-state index in [1.54, 1.807) is 24.3 Å². The fourth-order valence-electron chi connectivity index (χ4n) is 2.44. The predicted octanol–water partition coefficient (Wildman–Crippen LogP) is 3.16. The van der Waals surface area contributed by atoms with Crippen LogP contribution >= 0.6 is 11.8 Å². The summed E-state index contributed by atoms with van der Waals surface area (Å²) >= 11 is 1.41. The molecule has 1 unspecified atom stereocenters. The Labute approximate surface area is 150 Å². The summed E-state index contributed by atoms with van der Waals surface area (Å²) in [4.78, 5) is 12.6. The van der Waals surface area contributed by atoms with Gasteiger partial charge in [-0.3, -0.25) is 9.52 Å². The fourth-order valence-corrected chi connectivity index (χ4v) is 3.55. The Balaban J connectivity index is 2.06. The van der Waals surface area contributed by atoms with Crippen LogP contribution in [0.3, 0.4) is 0 Å². The van der Waals surface area contributed by atoms with Crippen LogP contribution in [0.15, 0.2) is 42.5 Å². The first kappa shape index (κ1) is 17.6. The number of ketones is 1. The smallest absolute Gasteiger partial charge is 0.229 e. The number of fused-ring (bicyclic) bond motifs is 1. The number of carbonyl (C=O) groups excluding carboxylic acids is 1. The third kappa shape index (κ3) is 4.08. The molecule has 1 heterocycles. The van der Waals surface area contributed by atoms with Crippen LogP contribution in [-0.2, 0) is 10.0 Å². The van der Waals surface area contributed by atoms with E-state index in [-0.39, 0.29) is 29.1 Å². The SMILES string of the molecule is CSC1COc2cc(NS(C)(=O)=O)c(Oc3ccccc3)cc2C1=O. The summed E-state index contributed by atoms with van der Waals surface area (Å²) in [6.45, 7) is 0.254. The number of carbonyl (C=O) groups is 1. The standard InChI is InChI=1S/C17H17NO5S2/c1-24-16-10-22-14-9-13(18-25(2,20)21)15(8-12(14)17(16)19)23-11-6-4-3-5-7-11/h3-9,16,18H,10H2,1-2H3. The number of Topliss-reactive ketones (excluding diaryl/α,β-unsaturated/α-hetero) is 1. The molecule has 0 spiro atoms. The molecule has 0 fully saturated rings. The van der Waals surface area contributed by atoms with E-state index in [4.69, 9.17) is 9.47 Å². The van der Waals surface area contributed by atoms with E-state index in [0.717, 1.165) is 6.26 Å². The zero-order valence-corrected chi connectivity index (χ0v) is 15.3. The molecule has 0 amide bonds. The van der Waals surface area contributed by atoms with Crippen LogP contribution in [0.25, 0.3) is 0 Å². The normalized spacial score (nSPS) is 16.7. The summed E-state index contributed by atoms with van der Waals surface area (Å²) in [6.07, 6.45) is 2.90. The van der Waals surface area contributed by atoms with E-state index in [0.29, 0.717) is 17.1 Å². The molecule has 0 radical (unpaired) electrons. The van der Waals surface area contributed by atoms with E-state index >= 15 is 0 Å². The summed E-state index contributed by atoms with van der Waals surface area (Å²) in [5.74, 6) is 1.07. The van der Waals surface area contributed by atoms with Crippen molar-refractivity contribution >= 4 is 33.3 Å². The maximum Gasteiger partial charge on any atom is 0.229 e. The summed E-state index contributed by atoms with van der Waals surface area (Å²) < 4.78 is 37.2. The third-order valence-corrected chi connectivity index (χ3v) is 5.09. The Morgan fingerprint density at radius 2 is 1.96 bits per heavy atom. The van der Waals surface area contributed by atoms with Crippen molar-refractivity contribution < 1.29 is 22.7 Å². The number of hydrogen-bond donors (Lipinski definition) is 1. The molecular weight excluding hydrogens is 362 g/mol. The molecule has 8 heteroatoms. The van der Waals surface area contributed by atoms with Crippen LogP contribution in [-0.4, -0.2) is 38.6 Å². The Kier molecular flexibility index (Phi) is 4.91. The van der Waals surface area contributed by atoms with E-state index in [1.807, 2.05) is 12.3 Å². The van der Waals surface area contributed by atoms with Crippen LogP contribution in [0.2, 0.25) is 0 Å². The van der Waals surface area contributed by atoms with Gasteiger partial charge in [0.05, 0.1) is 17.5 Å². The number of rotatable bonds is 5. The van der Waals surface area contributed by atoms with Gasteiger partial charge in [0.2, 0.25) is 10.0 Å². The molecule has 0 bridgehead atoms. The van der Waals surface area contributed by atoms with Crippen molar-refractivity contribution in [2.45, 2.75) is 5.25 Å². The van der Waals surface area contributed by atoms with Crippen molar-refractivity contribution in [3.8, 4) is 17.2 Å². The second-order valence-corrected chi connectivity index (χ2v) is 8.32. The zero-order valence-electron chi connectivity index (χ0n) is 13.7. The number of anilines is 1. The van der Waals surface area contributed by atoms with Gasteiger partial charge in [-0.2, -0.15) is 11.8 Å². The lowest BCUT2D eigenvalue weighted by molar-refractivity contribution is 0.0943. The van der Waals surface area contributed by atoms with Crippen LogP contribution < -0.4 is 14.2 Å². The molecule has 1 atom stereocenters. The van der Waals surface area contributed by atoms with Gasteiger partial charge in [0.25, 0.3) is 0 Å². The van der Waals surface area contributed by atoms with Gasteiger partial charge in [0, 0.05) is 6.07 Å².